The Bertz CT molecular complexity index is 952. The molecule has 6 heteroatoms. The molecule has 0 saturated heterocycles. The molecule has 2 rings (SSSR count). The first kappa shape index (κ1) is 21.9. The zero-order valence-electron chi connectivity index (χ0n) is 16.4. The Morgan fingerprint density at radius 3 is 2.54 bits per heavy atom. The number of nitrogens with zero attached hydrogens (tertiary/aromatic N) is 2. The molecular formula is C22H23Cl2N3O. The van der Waals surface area contributed by atoms with E-state index in [0.717, 1.165) is 11.3 Å². The lowest BCUT2D eigenvalue weighted by Gasteiger charge is -2.25. The Morgan fingerprint density at radius 1 is 1.25 bits per heavy atom. The van der Waals surface area contributed by atoms with E-state index in [1.54, 1.807) is 30.5 Å². The molecule has 1 aliphatic heterocycles. The molecule has 4 nitrogen and oxygen atoms in total. The molecule has 146 valence electrons. The summed E-state index contributed by atoms with van der Waals surface area (Å²) in [5, 5.41) is 9.95. The van der Waals surface area contributed by atoms with Gasteiger partial charge in [0.2, 0.25) is 0 Å². The standard InChI is InChI=1S/C22H23Cl2N3O/c1-5-17(19(24)6-2)22(25)18(21-11-10-15(23)13-27(21)4)12-16-8-7-9-20(26-16)14(3)28/h5-11,13,25H,12H2,1-4H3/b17-5+,19-6+,21-18-,25-22?. The Hall–Kier alpha value is -2.43. The predicted molar refractivity (Wildman–Crippen MR) is 117 cm³/mol. The summed E-state index contributed by atoms with van der Waals surface area (Å²) in [4.78, 5) is 18.0. The van der Waals surface area contributed by atoms with Gasteiger partial charge in [0, 0.05) is 54.2 Å². The summed E-state index contributed by atoms with van der Waals surface area (Å²) in [5.41, 5.74) is 3.61. The summed E-state index contributed by atoms with van der Waals surface area (Å²) in [6.45, 7) is 5.17. The van der Waals surface area contributed by atoms with E-state index in [4.69, 9.17) is 28.6 Å². The van der Waals surface area contributed by atoms with E-state index in [1.165, 1.54) is 6.92 Å². The van der Waals surface area contributed by atoms with E-state index >= 15 is 0 Å². The van der Waals surface area contributed by atoms with Crippen LogP contribution in [0.25, 0.3) is 0 Å². The van der Waals surface area contributed by atoms with Gasteiger partial charge >= 0.3 is 0 Å². The quantitative estimate of drug-likeness (QED) is 0.364. The minimum Gasteiger partial charge on any atom is -0.349 e. The number of carbonyl (C=O) groups excluding carboxylic acids is 1. The highest BCUT2D eigenvalue weighted by atomic mass is 35.5. The van der Waals surface area contributed by atoms with E-state index in [-0.39, 0.29) is 5.78 Å². The lowest BCUT2D eigenvalue weighted by molar-refractivity contribution is 0.101. The SMILES string of the molecule is C/C=C(C(=N)/C(Cc1cccc(C(C)=O)n1)=C1/C=CC(Cl)=CN1C)\C(Cl)=C/C. The van der Waals surface area contributed by atoms with E-state index < -0.39 is 0 Å². The Morgan fingerprint density at radius 2 is 1.96 bits per heavy atom. The van der Waals surface area contributed by atoms with Gasteiger partial charge in [-0.2, -0.15) is 0 Å². The lowest BCUT2D eigenvalue weighted by Crippen LogP contribution is -2.20. The van der Waals surface area contributed by atoms with Gasteiger partial charge in [0.05, 0.1) is 10.7 Å². The highest BCUT2D eigenvalue weighted by Crippen LogP contribution is 2.28. The fourth-order valence-corrected chi connectivity index (χ4v) is 3.28. The normalized spacial score (nSPS) is 16.8. The first-order chi connectivity index (χ1) is 13.3. The maximum absolute atomic E-state index is 11.7. The number of nitrogens with one attached hydrogen (secondary N) is 1. The maximum Gasteiger partial charge on any atom is 0.178 e. The van der Waals surface area contributed by atoms with Crippen molar-refractivity contribution >= 4 is 34.7 Å². The third-order valence-electron chi connectivity index (χ3n) is 4.30. The molecule has 0 aromatic carbocycles. The Balaban J connectivity index is 2.58. The van der Waals surface area contributed by atoms with Gasteiger partial charge in [-0.15, -0.1) is 0 Å². The third-order valence-corrected chi connectivity index (χ3v) is 4.95. The number of pyridine rings is 1. The number of carbonyl (C=O) groups is 1. The van der Waals surface area contributed by atoms with Crippen molar-refractivity contribution < 1.29 is 4.79 Å². The number of hydrogen-bond donors (Lipinski definition) is 1. The van der Waals surface area contributed by atoms with Crippen molar-refractivity contribution in [1.29, 1.82) is 5.41 Å². The van der Waals surface area contributed by atoms with Crippen molar-refractivity contribution in [1.82, 2.24) is 9.88 Å². The molecule has 0 unspecified atom stereocenters. The van der Waals surface area contributed by atoms with Gasteiger partial charge in [0.15, 0.2) is 5.78 Å². The third kappa shape index (κ3) is 5.09. The fourth-order valence-electron chi connectivity index (χ4n) is 2.87. The number of ketones is 1. The first-order valence-electron chi connectivity index (χ1n) is 8.84. The van der Waals surface area contributed by atoms with Crippen molar-refractivity contribution in [3.8, 4) is 0 Å². The zero-order chi connectivity index (χ0) is 20.8. The number of hydrogen-bond acceptors (Lipinski definition) is 4. The molecule has 0 bridgehead atoms. The molecule has 2 heterocycles. The van der Waals surface area contributed by atoms with Crippen LogP contribution in [0.4, 0.5) is 0 Å². The molecule has 0 saturated carbocycles. The summed E-state index contributed by atoms with van der Waals surface area (Å²) in [6.07, 6.45) is 9.41. The van der Waals surface area contributed by atoms with Gasteiger partial charge in [-0.25, -0.2) is 4.98 Å². The van der Waals surface area contributed by atoms with Crippen LogP contribution in [0.3, 0.4) is 0 Å². The van der Waals surface area contributed by atoms with Gasteiger partial charge in [0.1, 0.15) is 5.69 Å². The van der Waals surface area contributed by atoms with E-state index in [2.05, 4.69) is 4.98 Å². The lowest BCUT2D eigenvalue weighted by atomic mass is 9.94. The van der Waals surface area contributed by atoms with Gasteiger partial charge in [-0.05, 0) is 38.1 Å². The van der Waals surface area contributed by atoms with Crippen molar-refractivity contribution in [3.05, 3.63) is 87.0 Å². The minimum atomic E-state index is -0.0957. The molecule has 1 aromatic rings. The van der Waals surface area contributed by atoms with Crippen LogP contribution in [0, 0.1) is 5.41 Å². The van der Waals surface area contributed by atoms with Crippen LogP contribution in [0.15, 0.2) is 75.6 Å². The van der Waals surface area contributed by atoms with Gasteiger partial charge in [-0.3, -0.25) is 10.2 Å². The summed E-state index contributed by atoms with van der Waals surface area (Å²) >= 11 is 12.4. The molecule has 0 aliphatic carbocycles. The largest absolute Gasteiger partial charge is 0.349 e. The maximum atomic E-state index is 11.7. The van der Waals surface area contributed by atoms with Crippen LogP contribution in [0.1, 0.15) is 37.0 Å². The average Bonchev–Trinajstić information content (AvgIpc) is 2.67. The molecule has 0 radical (unpaired) electrons. The van der Waals surface area contributed by atoms with Crippen LogP contribution >= 0.6 is 23.2 Å². The Labute approximate surface area is 176 Å². The van der Waals surface area contributed by atoms with Crippen LogP contribution < -0.4 is 0 Å². The number of Topliss-reactive ketones (excluding diaryl/α,β-unsaturated/α-hetero) is 1. The topological polar surface area (TPSA) is 57.1 Å². The number of allylic oxidation sites excluding steroid dienone is 8. The van der Waals surface area contributed by atoms with Gasteiger partial charge < -0.3 is 4.90 Å². The number of aromatic nitrogens is 1. The molecule has 1 aliphatic rings. The molecule has 1 aromatic heterocycles. The van der Waals surface area contributed by atoms with Crippen LogP contribution in [-0.4, -0.2) is 28.4 Å². The molecule has 0 amide bonds. The molecule has 0 atom stereocenters. The van der Waals surface area contributed by atoms with Crippen LogP contribution in [0.2, 0.25) is 0 Å². The monoisotopic (exact) mass is 415 g/mol. The second-order valence-corrected chi connectivity index (χ2v) is 7.13. The summed E-state index contributed by atoms with van der Waals surface area (Å²) in [5.74, 6) is -0.0957. The van der Waals surface area contributed by atoms with Crippen molar-refractivity contribution in [2.75, 3.05) is 7.05 Å². The molecule has 28 heavy (non-hydrogen) atoms. The minimum absolute atomic E-state index is 0.0957. The second kappa shape index (κ2) is 9.67. The van der Waals surface area contributed by atoms with Crippen molar-refractivity contribution in [2.45, 2.75) is 27.2 Å². The molecule has 0 fully saturated rings. The summed E-state index contributed by atoms with van der Waals surface area (Å²) < 4.78 is 0. The number of halogens is 2. The smallest absolute Gasteiger partial charge is 0.178 e. The molecule has 0 spiro atoms. The first-order valence-corrected chi connectivity index (χ1v) is 9.60. The van der Waals surface area contributed by atoms with Gasteiger partial charge in [0.25, 0.3) is 0 Å². The second-order valence-electron chi connectivity index (χ2n) is 6.28. The average molecular weight is 416 g/mol. The fraction of sp³-hybridized carbons (Fsp3) is 0.227. The molecule has 1 N–H and O–H groups in total. The van der Waals surface area contributed by atoms with E-state index in [0.29, 0.717) is 39.2 Å². The number of likely N-dealkylation sites (N-methyl/N-ethyl adjacent to an activating group) is 1. The van der Waals surface area contributed by atoms with Crippen LogP contribution in [-0.2, 0) is 6.42 Å². The van der Waals surface area contributed by atoms with Gasteiger partial charge in [-0.1, -0.05) is 41.4 Å². The van der Waals surface area contributed by atoms with E-state index in [1.807, 2.05) is 44.0 Å². The zero-order valence-corrected chi connectivity index (χ0v) is 17.9. The van der Waals surface area contributed by atoms with E-state index in [9.17, 15) is 4.79 Å². The Kier molecular flexibility index (Phi) is 7.55. The molecular weight excluding hydrogens is 393 g/mol. The summed E-state index contributed by atoms with van der Waals surface area (Å²) in [7, 11) is 1.88. The highest BCUT2D eigenvalue weighted by Gasteiger charge is 2.20. The summed E-state index contributed by atoms with van der Waals surface area (Å²) in [6, 6.07) is 5.34. The highest BCUT2D eigenvalue weighted by molar-refractivity contribution is 6.37. The van der Waals surface area contributed by atoms with Crippen LogP contribution in [0.5, 0.6) is 0 Å². The predicted octanol–water partition coefficient (Wildman–Crippen LogP) is 5.77. The van der Waals surface area contributed by atoms with Crippen molar-refractivity contribution in [3.63, 3.8) is 0 Å². The number of rotatable bonds is 6. The van der Waals surface area contributed by atoms with Crippen molar-refractivity contribution in [2.24, 2.45) is 0 Å².